The predicted octanol–water partition coefficient (Wildman–Crippen LogP) is 6.35. The summed E-state index contributed by atoms with van der Waals surface area (Å²) in [7, 11) is 0. The first-order valence-electron chi connectivity index (χ1n) is 10.4. The molecule has 154 valence electrons. The van der Waals surface area contributed by atoms with Crippen molar-refractivity contribution in [2.75, 3.05) is 0 Å². The molecule has 0 spiro atoms. The van der Waals surface area contributed by atoms with Crippen LogP contribution >= 0.6 is 0 Å². The number of aromatic nitrogens is 2. The molecule has 3 aromatic rings. The molecule has 2 aromatic carbocycles. The van der Waals surface area contributed by atoms with Crippen molar-refractivity contribution >= 4 is 11.1 Å². The van der Waals surface area contributed by atoms with Crippen LogP contribution in [-0.4, -0.2) is 15.3 Å². The average molecular weight is 401 g/mol. The molecule has 0 amide bonds. The van der Waals surface area contributed by atoms with Gasteiger partial charge in [-0.05, 0) is 59.6 Å². The fourth-order valence-corrected chi connectivity index (χ4v) is 3.60. The molecule has 1 aliphatic rings. The van der Waals surface area contributed by atoms with Gasteiger partial charge in [0.2, 0.25) is 11.8 Å². The van der Waals surface area contributed by atoms with Crippen LogP contribution in [0.4, 0.5) is 0 Å². The summed E-state index contributed by atoms with van der Waals surface area (Å²) < 4.78 is 5.97. The Kier molecular flexibility index (Phi) is 5.44. The van der Waals surface area contributed by atoms with E-state index in [2.05, 4.69) is 67.4 Å². The van der Waals surface area contributed by atoms with Gasteiger partial charge in [-0.25, -0.2) is 0 Å². The molecule has 1 aromatic heterocycles. The molecule has 4 heteroatoms. The quantitative estimate of drug-likeness (QED) is 0.554. The highest BCUT2D eigenvalue weighted by Gasteiger charge is 2.17. The number of rotatable bonds is 4. The standard InChI is InChI=1S/C26H28N2O2/c1-17(29)18-5-7-19(8-6-18)20-9-11-21(12-10-20)24-27-28-25(30-24)22-13-15-23(16-14-22)26(2,3)4/h5-9,12-17,29H,10-11H2,1-4H3/t17-/m1/s1. The minimum Gasteiger partial charge on any atom is -0.416 e. The fourth-order valence-electron chi connectivity index (χ4n) is 3.60. The van der Waals surface area contributed by atoms with E-state index in [1.807, 2.05) is 24.3 Å². The van der Waals surface area contributed by atoms with Crippen LogP contribution in [0.3, 0.4) is 0 Å². The zero-order valence-electron chi connectivity index (χ0n) is 18.0. The maximum Gasteiger partial charge on any atom is 0.248 e. The van der Waals surface area contributed by atoms with Gasteiger partial charge in [-0.2, -0.15) is 0 Å². The second-order valence-corrected chi connectivity index (χ2v) is 8.90. The van der Waals surface area contributed by atoms with Gasteiger partial charge in [-0.3, -0.25) is 0 Å². The number of allylic oxidation sites excluding steroid dienone is 4. The van der Waals surface area contributed by atoms with Gasteiger partial charge in [-0.1, -0.05) is 69.3 Å². The van der Waals surface area contributed by atoms with Crippen molar-refractivity contribution in [3.63, 3.8) is 0 Å². The largest absolute Gasteiger partial charge is 0.416 e. The molecule has 4 rings (SSSR count). The second kappa shape index (κ2) is 8.04. The van der Waals surface area contributed by atoms with Crippen molar-refractivity contribution in [2.45, 2.75) is 52.1 Å². The van der Waals surface area contributed by atoms with E-state index in [0.29, 0.717) is 11.8 Å². The second-order valence-electron chi connectivity index (χ2n) is 8.90. The highest BCUT2D eigenvalue weighted by atomic mass is 16.4. The molecule has 30 heavy (non-hydrogen) atoms. The molecule has 0 saturated carbocycles. The Morgan fingerprint density at radius 3 is 1.93 bits per heavy atom. The first kappa shape index (κ1) is 20.3. The Bertz CT molecular complexity index is 1080. The van der Waals surface area contributed by atoms with Crippen molar-refractivity contribution in [3.8, 4) is 11.5 Å². The highest BCUT2D eigenvalue weighted by Crippen LogP contribution is 2.32. The SMILES string of the molecule is C[C@@H](O)c1ccc(C2=CCC(c3nnc(-c4ccc(C(C)(C)C)cc4)o3)=CC2)cc1. The Balaban J connectivity index is 1.46. The summed E-state index contributed by atoms with van der Waals surface area (Å²) >= 11 is 0. The van der Waals surface area contributed by atoms with Crippen LogP contribution < -0.4 is 0 Å². The van der Waals surface area contributed by atoms with Crippen molar-refractivity contribution in [1.29, 1.82) is 0 Å². The lowest BCUT2D eigenvalue weighted by molar-refractivity contribution is 0.199. The topological polar surface area (TPSA) is 59.2 Å². The van der Waals surface area contributed by atoms with Gasteiger partial charge < -0.3 is 9.52 Å². The number of benzene rings is 2. The van der Waals surface area contributed by atoms with Crippen LogP contribution in [-0.2, 0) is 5.41 Å². The Hall–Kier alpha value is -2.98. The molecule has 1 atom stereocenters. The lowest BCUT2D eigenvalue weighted by Gasteiger charge is -2.18. The van der Waals surface area contributed by atoms with Gasteiger partial charge in [0.25, 0.3) is 0 Å². The Labute approximate surface area is 178 Å². The molecule has 1 N–H and O–H groups in total. The summed E-state index contributed by atoms with van der Waals surface area (Å²) in [6, 6.07) is 16.4. The summed E-state index contributed by atoms with van der Waals surface area (Å²) in [5.41, 5.74) is 6.78. The van der Waals surface area contributed by atoms with E-state index in [1.54, 1.807) is 6.92 Å². The van der Waals surface area contributed by atoms with Gasteiger partial charge in [0.15, 0.2) is 0 Å². The maximum atomic E-state index is 9.67. The molecule has 0 aliphatic heterocycles. The first-order chi connectivity index (χ1) is 14.3. The zero-order valence-corrected chi connectivity index (χ0v) is 18.0. The van der Waals surface area contributed by atoms with Crippen LogP contribution in [0, 0.1) is 0 Å². The molecule has 4 nitrogen and oxygen atoms in total. The fraction of sp³-hybridized carbons (Fsp3) is 0.308. The third kappa shape index (κ3) is 4.29. The smallest absolute Gasteiger partial charge is 0.248 e. The lowest BCUT2D eigenvalue weighted by Crippen LogP contribution is -2.10. The monoisotopic (exact) mass is 400 g/mol. The Morgan fingerprint density at radius 2 is 1.37 bits per heavy atom. The maximum absolute atomic E-state index is 9.67. The van der Waals surface area contributed by atoms with E-state index < -0.39 is 6.10 Å². The summed E-state index contributed by atoms with van der Waals surface area (Å²) in [5.74, 6) is 1.14. The third-order valence-electron chi connectivity index (χ3n) is 5.60. The summed E-state index contributed by atoms with van der Waals surface area (Å²) in [6.45, 7) is 8.38. The molecule has 0 radical (unpaired) electrons. The van der Waals surface area contributed by atoms with E-state index >= 15 is 0 Å². The van der Waals surface area contributed by atoms with Gasteiger partial charge >= 0.3 is 0 Å². The highest BCUT2D eigenvalue weighted by molar-refractivity contribution is 5.75. The van der Waals surface area contributed by atoms with Crippen molar-refractivity contribution < 1.29 is 9.52 Å². The molecule has 0 unspecified atom stereocenters. The number of aliphatic hydroxyl groups excluding tert-OH is 1. The van der Waals surface area contributed by atoms with Crippen LogP contribution in [0.25, 0.3) is 22.6 Å². The molecule has 1 aliphatic carbocycles. The van der Waals surface area contributed by atoms with E-state index in [1.165, 1.54) is 16.7 Å². The van der Waals surface area contributed by atoms with Crippen LogP contribution in [0.1, 0.15) is 69.2 Å². The molecular formula is C26H28N2O2. The average Bonchev–Trinajstić information content (AvgIpc) is 3.24. The van der Waals surface area contributed by atoms with Crippen molar-refractivity contribution in [3.05, 3.63) is 83.3 Å². The predicted molar refractivity (Wildman–Crippen MR) is 121 cm³/mol. The normalized spacial score (nSPS) is 15.5. The molecule has 0 saturated heterocycles. The number of hydrogen-bond donors (Lipinski definition) is 1. The van der Waals surface area contributed by atoms with E-state index in [0.717, 1.165) is 29.5 Å². The molecule has 0 bridgehead atoms. The minimum absolute atomic E-state index is 0.117. The lowest BCUT2D eigenvalue weighted by atomic mass is 9.87. The summed E-state index contributed by atoms with van der Waals surface area (Å²) in [5, 5.41) is 18.2. The van der Waals surface area contributed by atoms with Gasteiger partial charge in [0, 0.05) is 11.1 Å². The van der Waals surface area contributed by atoms with Crippen molar-refractivity contribution in [2.24, 2.45) is 0 Å². The first-order valence-corrected chi connectivity index (χ1v) is 10.4. The van der Waals surface area contributed by atoms with Crippen LogP contribution in [0.5, 0.6) is 0 Å². The van der Waals surface area contributed by atoms with Gasteiger partial charge in [0.1, 0.15) is 0 Å². The van der Waals surface area contributed by atoms with Crippen LogP contribution in [0.2, 0.25) is 0 Å². The van der Waals surface area contributed by atoms with Crippen LogP contribution in [0.15, 0.2) is 65.1 Å². The molecule has 1 heterocycles. The number of nitrogens with zero attached hydrogens (tertiary/aromatic N) is 2. The number of hydrogen-bond acceptors (Lipinski definition) is 4. The summed E-state index contributed by atoms with van der Waals surface area (Å²) in [4.78, 5) is 0. The molecular weight excluding hydrogens is 372 g/mol. The van der Waals surface area contributed by atoms with Crippen molar-refractivity contribution in [1.82, 2.24) is 10.2 Å². The number of aliphatic hydroxyl groups is 1. The minimum atomic E-state index is -0.442. The molecule has 0 fully saturated rings. The van der Waals surface area contributed by atoms with Gasteiger partial charge in [0.05, 0.1) is 6.10 Å². The van der Waals surface area contributed by atoms with Gasteiger partial charge in [-0.15, -0.1) is 10.2 Å². The van der Waals surface area contributed by atoms with E-state index in [9.17, 15) is 5.11 Å². The van der Waals surface area contributed by atoms with E-state index in [-0.39, 0.29) is 5.41 Å². The van der Waals surface area contributed by atoms with E-state index in [4.69, 9.17) is 4.42 Å². The zero-order chi connectivity index (χ0) is 21.3. The third-order valence-corrected chi connectivity index (χ3v) is 5.60. The Morgan fingerprint density at radius 1 is 0.800 bits per heavy atom. The summed E-state index contributed by atoms with van der Waals surface area (Å²) in [6.07, 6.45) is 5.52.